The number of hydrogen-bond donors (Lipinski definition) is 1. The zero-order chi connectivity index (χ0) is 33.1. The van der Waals surface area contributed by atoms with Gasteiger partial charge in [-0.15, -0.1) is 0 Å². The van der Waals surface area contributed by atoms with Gasteiger partial charge in [-0.3, -0.25) is 9.52 Å². The Morgan fingerprint density at radius 1 is 1.20 bits per heavy atom. The number of carbonyl (C=O) groups excluding carboxylic acids is 1. The minimum Gasteiger partial charge on any atom is -0.464 e. The first-order chi connectivity index (χ1) is 21.9. The molecule has 14 nitrogen and oxygen atoms in total. The highest BCUT2D eigenvalue weighted by Crippen LogP contribution is 2.52. The van der Waals surface area contributed by atoms with Crippen LogP contribution in [0.2, 0.25) is 0 Å². The number of nitrogens with two attached hydrogens (primary N) is 1. The molecule has 0 aliphatic carbocycles. The van der Waals surface area contributed by atoms with Gasteiger partial charge >= 0.3 is 13.6 Å². The molecule has 0 amide bonds. The molecule has 1 aromatic carbocycles. The van der Waals surface area contributed by atoms with E-state index < -0.39 is 49.3 Å². The zero-order valence-electron chi connectivity index (χ0n) is 26.4. The van der Waals surface area contributed by atoms with Gasteiger partial charge in [0.25, 0.3) is 0 Å². The van der Waals surface area contributed by atoms with Crippen LogP contribution in [0, 0.1) is 17.2 Å². The van der Waals surface area contributed by atoms with E-state index in [1.807, 2.05) is 13.8 Å². The van der Waals surface area contributed by atoms with Crippen LogP contribution in [-0.4, -0.2) is 69.9 Å². The van der Waals surface area contributed by atoms with Crippen LogP contribution in [-0.2, 0) is 38.4 Å². The van der Waals surface area contributed by atoms with E-state index in [1.54, 1.807) is 56.3 Å². The van der Waals surface area contributed by atoms with Crippen molar-refractivity contribution < 1.29 is 37.4 Å². The van der Waals surface area contributed by atoms with Gasteiger partial charge in [-0.05, 0) is 51.0 Å². The summed E-state index contributed by atoms with van der Waals surface area (Å²) in [5.41, 5.74) is 5.17. The summed E-state index contributed by atoms with van der Waals surface area (Å²) in [6, 6.07) is 13.1. The zero-order valence-corrected chi connectivity index (χ0v) is 27.3. The van der Waals surface area contributed by atoms with E-state index in [-0.39, 0.29) is 30.7 Å². The second kappa shape index (κ2) is 13.5. The van der Waals surface area contributed by atoms with Gasteiger partial charge in [0.2, 0.25) is 5.60 Å². The molecule has 2 aromatic heterocycles. The summed E-state index contributed by atoms with van der Waals surface area (Å²) in [6.45, 7) is 8.98. The third-order valence-electron chi connectivity index (χ3n) is 8.05. The molecule has 2 fully saturated rings. The van der Waals surface area contributed by atoms with Gasteiger partial charge in [0.15, 0.2) is 11.6 Å². The lowest BCUT2D eigenvalue weighted by Crippen LogP contribution is -2.40. The molecule has 5 rings (SSSR count). The van der Waals surface area contributed by atoms with Crippen LogP contribution in [0.1, 0.15) is 53.2 Å². The average Bonchev–Trinajstić information content (AvgIpc) is 3.70. The summed E-state index contributed by atoms with van der Waals surface area (Å²) in [6.07, 6.45) is 0.367. The number of nitrogens with zero attached hydrogens (tertiary/aromatic N) is 5. The number of rotatable bonds is 13. The highest BCUT2D eigenvalue weighted by molar-refractivity contribution is 7.70. The standard InChI is InChI=1S/C31H39N6O8P/c1-6-21(7-2)15-40-29(38)20(3)35-19-46(39,45-22-11-9-8-10-12-22)41-16-24-26-27(44-30(4,5)43-26)31(17-32,42-24)25-14-13-23-28(33)34-18-36-37(23)25/h8-14,18-21,24,26-27H,6-7,15-16H2,1-5H3,(H2,33,34,36)/b35-19-/t20-,24?,26+,27+,31-,46?/m0/s1. The van der Waals surface area contributed by atoms with Crippen molar-refractivity contribution in [3.05, 3.63) is 54.5 Å². The van der Waals surface area contributed by atoms with E-state index in [1.165, 1.54) is 17.8 Å². The Morgan fingerprint density at radius 2 is 1.93 bits per heavy atom. The first-order valence-corrected chi connectivity index (χ1v) is 16.8. The van der Waals surface area contributed by atoms with Gasteiger partial charge in [-0.25, -0.2) is 18.9 Å². The number of benzene rings is 1. The van der Waals surface area contributed by atoms with Crippen molar-refractivity contribution in [2.75, 3.05) is 18.9 Å². The number of ether oxygens (including phenoxy) is 4. The predicted octanol–water partition coefficient (Wildman–Crippen LogP) is 4.63. The minimum atomic E-state index is -4.16. The topological polar surface area (TPSA) is 182 Å². The molecule has 2 unspecified atom stereocenters. The summed E-state index contributed by atoms with van der Waals surface area (Å²) >= 11 is 0. The van der Waals surface area contributed by atoms with Crippen LogP contribution in [0.3, 0.4) is 0 Å². The van der Waals surface area contributed by atoms with E-state index in [0.29, 0.717) is 11.2 Å². The molecule has 15 heteroatoms. The number of fused-ring (bicyclic) bond motifs is 2. The van der Waals surface area contributed by atoms with Crippen LogP contribution < -0.4 is 10.3 Å². The fraction of sp³-hybridized carbons (Fsp3) is 0.516. The Balaban J connectivity index is 1.40. The van der Waals surface area contributed by atoms with Crippen molar-refractivity contribution in [3.63, 3.8) is 0 Å². The Labute approximate surface area is 267 Å². The number of para-hydroxylation sites is 1. The van der Waals surface area contributed by atoms with Gasteiger partial charge in [0, 0.05) is 0 Å². The van der Waals surface area contributed by atoms with Crippen LogP contribution in [0.15, 0.2) is 53.8 Å². The smallest absolute Gasteiger partial charge is 0.421 e. The molecule has 246 valence electrons. The Morgan fingerprint density at radius 3 is 2.63 bits per heavy atom. The molecule has 2 aliphatic rings. The van der Waals surface area contributed by atoms with Crippen LogP contribution in [0.25, 0.3) is 5.52 Å². The lowest BCUT2D eigenvalue weighted by atomic mass is 9.92. The SMILES string of the molecule is CCC(CC)COC(=O)[C@H](C)/N=C\P(=O)(OCC1O[C@@](C#N)(c2ccc3c(N)ncnn23)[C@@H]2OC(C)(C)O[C@H]12)Oc1ccccc1. The van der Waals surface area contributed by atoms with Crippen molar-refractivity contribution in [1.29, 1.82) is 5.26 Å². The van der Waals surface area contributed by atoms with Gasteiger partial charge in [-0.2, -0.15) is 10.4 Å². The molecular formula is C31H39N6O8P. The quantitative estimate of drug-likeness (QED) is 0.153. The summed E-state index contributed by atoms with van der Waals surface area (Å²) in [4.78, 5) is 20.8. The number of esters is 1. The second-order valence-corrected chi connectivity index (χ2v) is 13.4. The molecule has 0 spiro atoms. The highest BCUT2D eigenvalue weighted by Gasteiger charge is 2.65. The van der Waals surface area contributed by atoms with Gasteiger partial charge < -0.3 is 29.2 Å². The lowest BCUT2D eigenvalue weighted by Gasteiger charge is -2.29. The molecule has 0 bridgehead atoms. The monoisotopic (exact) mass is 654 g/mol. The van der Waals surface area contributed by atoms with E-state index in [4.69, 9.17) is 33.7 Å². The fourth-order valence-corrected chi connectivity index (χ4v) is 6.74. The Bertz CT molecular complexity index is 1660. The molecule has 2 N–H and O–H groups in total. The average molecular weight is 655 g/mol. The van der Waals surface area contributed by atoms with E-state index in [2.05, 4.69) is 21.1 Å². The number of nitrogen functional groups attached to an aromatic ring is 1. The highest BCUT2D eigenvalue weighted by atomic mass is 31.2. The third-order valence-corrected chi connectivity index (χ3v) is 9.44. The normalized spacial score (nSPS) is 25.7. The first kappa shape index (κ1) is 33.5. The molecular weight excluding hydrogens is 615 g/mol. The summed E-state index contributed by atoms with van der Waals surface area (Å²) in [5, 5.41) is 14.9. The number of hydrogen-bond acceptors (Lipinski definition) is 13. The fourth-order valence-electron chi connectivity index (χ4n) is 5.44. The van der Waals surface area contributed by atoms with Crippen molar-refractivity contribution in [1.82, 2.24) is 14.6 Å². The summed E-state index contributed by atoms with van der Waals surface area (Å²) in [5.74, 6) is 0.0987. The van der Waals surface area contributed by atoms with Gasteiger partial charge in [0.05, 0.1) is 18.9 Å². The maximum atomic E-state index is 14.1. The first-order valence-electron chi connectivity index (χ1n) is 15.2. The van der Waals surface area contributed by atoms with Gasteiger partial charge in [-0.1, -0.05) is 44.9 Å². The summed E-state index contributed by atoms with van der Waals surface area (Å²) < 4.78 is 51.5. The number of aromatic nitrogens is 3. The molecule has 46 heavy (non-hydrogen) atoms. The molecule has 2 aliphatic heterocycles. The summed E-state index contributed by atoms with van der Waals surface area (Å²) in [7, 11) is -4.16. The largest absolute Gasteiger partial charge is 0.464 e. The third kappa shape index (κ3) is 6.79. The molecule has 2 saturated heterocycles. The van der Waals surface area contributed by atoms with E-state index >= 15 is 0 Å². The maximum absolute atomic E-state index is 14.1. The molecule has 0 saturated carbocycles. The Hall–Kier alpha value is -3.86. The van der Waals surface area contributed by atoms with E-state index in [0.717, 1.165) is 18.8 Å². The molecule has 4 heterocycles. The van der Waals surface area contributed by atoms with Crippen molar-refractivity contribution in [2.45, 2.75) is 83.2 Å². The van der Waals surface area contributed by atoms with Crippen molar-refractivity contribution >= 4 is 30.9 Å². The van der Waals surface area contributed by atoms with E-state index in [9.17, 15) is 14.6 Å². The number of nitriles is 1. The number of carbonyl (C=O) groups is 1. The van der Waals surface area contributed by atoms with Crippen LogP contribution in [0.5, 0.6) is 5.75 Å². The maximum Gasteiger partial charge on any atom is 0.421 e. The number of aliphatic imine (C=N–C) groups is 1. The lowest BCUT2D eigenvalue weighted by molar-refractivity contribution is -0.203. The van der Waals surface area contributed by atoms with Crippen molar-refractivity contribution in [2.24, 2.45) is 10.9 Å². The predicted molar refractivity (Wildman–Crippen MR) is 167 cm³/mol. The second-order valence-electron chi connectivity index (χ2n) is 11.7. The molecule has 3 aromatic rings. The molecule has 6 atom stereocenters. The van der Waals surface area contributed by atoms with Crippen molar-refractivity contribution in [3.8, 4) is 11.8 Å². The van der Waals surface area contributed by atoms with Crippen LogP contribution >= 0.6 is 7.60 Å². The van der Waals surface area contributed by atoms with Gasteiger partial charge in [0.1, 0.15) is 54.0 Å². The molecule has 0 radical (unpaired) electrons. The minimum absolute atomic E-state index is 0.222. The number of anilines is 1. The van der Waals surface area contributed by atoms with Crippen LogP contribution in [0.4, 0.5) is 5.82 Å². The Kier molecular flexibility index (Phi) is 9.81.